The molecule has 0 saturated heterocycles. The highest BCUT2D eigenvalue weighted by Crippen LogP contribution is 2.33. The Morgan fingerprint density at radius 2 is 1.71 bits per heavy atom. The third kappa shape index (κ3) is 4.31. The molecule has 6 heteroatoms. The summed E-state index contributed by atoms with van der Waals surface area (Å²) in [5.41, 5.74) is 5.75. The van der Waals surface area contributed by atoms with Crippen molar-refractivity contribution in [2.75, 3.05) is 13.7 Å². The van der Waals surface area contributed by atoms with Gasteiger partial charge in [-0.2, -0.15) is 0 Å². The highest BCUT2D eigenvalue weighted by atomic mass is 19.1. The number of methoxy groups -OCH3 is 1. The van der Waals surface area contributed by atoms with E-state index < -0.39 is 5.97 Å². The van der Waals surface area contributed by atoms with Gasteiger partial charge in [0.15, 0.2) is 0 Å². The predicted molar refractivity (Wildman–Crippen MR) is 130 cm³/mol. The number of halogens is 1. The highest BCUT2D eigenvalue weighted by Gasteiger charge is 2.37. The second-order valence-electron chi connectivity index (χ2n) is 8.34. The van der Waals surface area contributed by atoms with Crippen LogP contribution in [0.25, 0.3) is 11.8 Å². The van der Waals surface area contributed by atoms with Gasteiger partial charge in [0.05, 0.1) is 18.3 Å². The molecule has 34 heavy (non-hydrogen) atoms. The average molecular weight is 459 g/mol. The van der Waals surface area contributed by atoms with E-state index in [1.165, 1.54) is 19.2 Å². The lowest BCUT2D eigenvalue weighted by molar-refractivity contribution is -0.136. The third-order valence-corrected chi connectivity index (χ3v) is 6.22. The number of amides is 1. The van der Waals surface area contributed by atoms with Crippen LogP contribution in [-0.4, -0.2) is 35.0 Å². The molecule has 0 unspecified atom stereocenters. The van der Waals surface area contributed by atoms with Crippen molar-refractivity contribution >= 4 is 18.0 Å². The van der Waals surface area contributed by atoms with Gasteiger partial charge < -0.3 is 14.2 Å². The molecule has 2 aromatic carbocycles. The fraction of sp³-hybridized carbons (Fsp3) is 0.214. The Bertz CT molecular complexity index is 1300. The number of allylic oxidation sites excluding steroid dienone is 1. The minimum Gasteiger partial charge on any atom is -0.465 e. The highest BCUT2D eigenvalue weighted by molar-refractivity contribution is 6.16. The molecule has 5 nitrogen and oxygen atoms in total. The minimum absolute atomic E-state index is 0.222. The first-order valence-electron chi connectivity index (χ1n) is 11.1. The quantitative estimate of drug-likeness (QED) is 0.379. The van der Waals surface area contributed by atoms with Gasteiger partial charge in [-0.25, -0.2) is 9.18 Å². The Labute approximate surface area is 198 Å². The molecule has 0 spiro atoms. The van der Waals surface area contributed by atoms with E-state index in [0.29, 0.717) is 24.2 Å². The molecule has 0 N–H and O–H groups in total. The molecule has 0 atom stereocenters. The summed E-state index contributed by atoms with van der Waals surface area (Å²) in [5, 5.41) is 0. The van der Waals surface area contributed by atoms with Gasteiger partial charge in [-0.3, -0.25) is 4.79 Å². The van der Waals surface area contributed by atoms with E-state index in [-0.39, 0.29) is 17.3 Å². The van der Waals surface area contributed by atoms with Gasteiger partial charge in [-0.15, -0.1) is 0 Å². The first kappa shape index (κ1) is 23.2. The number of rotatable bonds is 6. The Kier molecular flexibility index (Phi) is 6.50. The lowest BCUT2D eigenvalue weighted by atomic mass is 10.0. The van der Waals surface area contributed by atoms with Crippen molar-refractivity contribution < 1.29 is 18.7 Å². The number of aromatic nitrogens is 1. The van der Waals surface area contributed by atoms with Crippen LogP contribution in [0, 0.1) is 19.7 Å². The summed E-state index contributed by atoms with van der Waals surface area (Å²) >= 11 is 0. The zero-order valence-corrected chi connectivity index (χ0v) is 19.8. The number of benzene rings is 2. The van der Waals surface area contributed by atoms with Crippen molar-refractivity contribution in [1.82, 2.24) is 9.47 Å². The fourth-order valence-corrected chi connectivity index (χ4v) is 4.46. The van der Waals surface area contributed by atoms with Crippen molar-refractivity contribution in [2.45, 2.75) is 27.2 Å². The number of ether oxygens (including phenoxy) is 1. The molecule has 1 aliphatic heterocycles. The smallest absolute Gasteiger partial charge is 0.340 e. The predicted octanol–water partition coefficient (Wildman–Crippen LogP) is 5.15. The van der Waals surface area contributed by atoms with Crippen LogP contribution in [0.1, 0.15) is 29.4 Å². The van der Waals surface area contributed by atoms with Crippen LogP contribution >= 0.6 is 0 Å². The van der Waals surface area contributed by atoms with E-state index in [1.54, 1.807) is 30.0 Å². The molecular weight excluding hydrogens is 431 g/mol. The van der Waals surface area contributed by atoms with Gasteiger partial charge in [-0.05, 0) is 74.7 Å². The minimum atomic E-state index is -0.536. The second kappa shape index (κ2) is 9.51. The molecule has 0 aliphatic carbocycles. The molecule has 2 heterocycles. The third-order valence-electron chi connectivity index (χ3n) is 6.22. The summed E-state index contributed by atoms with van der Waals surface area (Å²) in [7, 11) is 1.32. The van der Waals surface area contributed by atoms with Gasteiger partial charge >= 0.3 is 5.97 Å². The number of nitrogens with zero attached hydrogens (tertiary/aromatic N) is 2. The largest absolute Gasteiger partial charge is 0.465 e. The molecule has 0 bridgehead atoms. The standard InChI is InChI=1S/C28H27FN2O3/c1-18-16-22(19(2)31(18)24-12-10-23(29)11-13-24)17-25-26(28(33)34-4)20(3)30(27(25)32)15-14-21-8-6-5-7-9-21/h5-13,16-17H,14-15H2,1-4H3/b25-17-. The maximum Gasteiger partial charge on any atom is 0.340 e. The topological polar surface area (TPSA) is 51.5 Å². The number of hydrogen-bond donors (Lipinski definition) is 0. The normalized spacial score (nSPS) is 14.9. The van der Waals surface area contributed by atoms with Crippen molar-refractivity contribution in [2.24, 2.45) is 0 Å². The Morgan fingerprint density at radius 1 is 1.03 bits per heavy atom. The number of hydrogen-bond acceptors (Lipinski definition) is 3. The molecule has 4 rings (SSSR count). The van der Waals surface area contributed by atoms with Gasteiger partial charge in [-0.1, -0.05) is 30.3 Å². The van der Waals surface area contributed by atoms with Gasteiger partial charge in [0.1, 0.15) is 5.82 Å². The van der Waals surface area contributed by atoms with E-state index in [2.05, 4.69) is 0 Å². The molecule has 0 radical (unpaired) electrons. The van der Waals surface area contributed by atoms with Crippen molar-refractivity contribution in [1.29, 1.82) is 0 Å². The van der Waals surface area contributed by atoms with Crippen LogP contribution in [0.2, 0.25) is 0 Å². The lowest BCUT2D eigenvalue weighted by Crippen LogP contribution is -2.27. The van der Waals surface area contributed by atoms with Crippen molar-refractivity contribution in [3.8, 4) is 5.69 Å². The Hall–Kier alpha value is -3.93. The Morgan fingerprint density at radius 3 is 2.35 bits per heavy atom. The number of carbonyl (C=O) groups is 2. The van der Waals surface area contributed by atoms with Crippen LogP contribution in [0.4, 0.5) is 4.39 Å². The molecule has 0 fully saturated rings. The number of esters is 1. The maximum atomic E-state index is 13.4. The second-order valence-corrected chi connectivity index (χ2v) is 8.34. The summed E-state index contributed by atoms with van der Waals surface area (Å²) < 4.78 is 20.4. The summed E-state index contributed by atoms with van der Waals surface area (Å²) in [5.74, 6) is -1.06. The van der Waals surface area contributed by atoms with Gasteiger partial charge in [0, 0.05) is 29.3 Å². The molecular formula is C28H27FN2O3. The van der Waals surface area contributed by atoms with Crippen LogP contribution in [0.3, 0.4) is 0 Å². The van der Waals surface area contributed by atoms with Crippen LogP contribution in [0.15, 0.2) is 77.5 Å². The molecule has 0 saturated carbocycles. The molecule has 1 aliphatic rings. The van der Waals surface area contributed by atoms with E-state index in [4.69, 9.17) is 4.74 Å². The first-order valence-corrected chi connectivity index (χ1v) is 11.1. The zero-order valence-electron chi connectivity index (χ0n) is 19.8. The van der Waals surface area contributed by atoms with Crippen LogP contribution in [0.5, 0.6) is 0 Å². The molecule has 174 valence electrons. The molecule has 3 aromatic rings. The Balaban J connectivity index is 1.72. The summed E-state index contributed by atoms with van der Waals surface area (Å²) in [6.45, 7) is 6.12. The van der Waals surface area contributed by atoms with Crippen LogP contribution in [-0.2, 0) is 20.7 Å². The zero-order chi connectivity index (χ0) is 24.4. The monoisotopic (exact) mass is 458 g/mol. The van der Waals surface area contributed by atoms with Crippen molar-refractivity contribution in [3.63, 3.8) is 0 Å². The SMILES string of the molecule is COC(=O)C1=C(C)N(CCc2ccccc2)C(=O)/C1=C\c1cc(C)n(-c2ccc(F)cc2)c1C. The number of aryl methyl sites for hydroxylation is 1. The van der Waals surface area contributed by atoms with E-state index in [0.717, 1.165) is 28.2 Å². The maximum absolute atomic E-state index is 13.4. The first-order chi connectivity index (χ1) is 16.3. The fourth-order valence-electron chi connectivity index (χ4n) is 4.46. The average Bonchev–Trinajstić information content (AvgIpc) is 3.24. The molecule has 1 amide bonds. The van der Waals surface area contributed by atoms with E-state index >= 15 is 0 Å². The summed E-state index contributed by atoms with van der Waals surface area (Å²) in [4.78, 5) is 27.7. The van der Waals surface area contributed by atoms with E-state index in [9.17, 15) is 14.0 Å². The summed E-state index contributed by atoms with van der Waals surface area (Å²) in [6, 6.07) is 18.1. The van der Waals surface area contributed by atoms with E-state index in [1.807, 2.05) is 54.8 Å². The van der Waals surface area contributed by atoms with Crippen LogP contribution < -0.4 is 0 Å². The summed E-state index contributed by atoms with van der Waals surface area (Å²) in [6.07, 6.45) is 2.42. The van der Waals surface area contributed by atoms with Crippen molar-refractivity contribution in [3.05, 3.63) is 106 Å². The van der Waals surface area contributed by atoms with Gasteiger partial charge in [0.25, 0.3) is 5.91 Å². The molecule has 1 aromatic heterocycles. The lowest BCUT2D eigenvalue weighted by Gasteiger charge is -2.17. The van der Waals surface area contributed by atoms with Gasteiger partial charge in [0.2, 0.25) is 0 Å². The number of carbonyl (C=O) groups excluding carboxylic acids is 2.